The van der Waals surface area contributed by atoms with Crippen molar-refractivity contribution in [2.75, 3.05) is 45.9 Å². The first-order chi connectivity index (χ1) is 7.93. The second kappa shape index (κ2) is 10.1. The fourth-order valence-corrected chi connectivity index (χ4v) is 2.09. The number of rotatable bonds is 9. The van der Waals surface area contributed by atoms with Crippen molar-refractivity contribution in [2.24, 2.45) is 0 Å². The third kappa shape index (κ3) is 7.20. The van der Waals surface area contributed by atoms with Crippen LogP contribution in [0, 0.1) is 0 Å². The molecule has 1 aliphatic rings. The third-order valence-electron chi connectivity index (χ3n) is 3.04. The van der Waals surface area contributed by atoms with Crippen LogP contribution in [0.25, 0.3) is 0 Å². The van der Waals surface area contributed by atoms with E-state index in [1.807, 2.05) is 0 Å². The Morgan fingerprint density at radius 1 is 1.06 bits per heavy atom. The van der Waals surface area contributed by atoms with Gasteiger partial charge in [-0.05, 0) is 45.3 Å². The van der Waals surface area contributed by atoms with Gasteiger partial charge in [0.25, 0.3) is 0 Å². The van der Waals surface area contributed by atoms with Crippen LogP contribution in [0.15, 0.2) is 0 Å². The van der Waals surface area contributed by atoms with E-state index in [2.05, 4.69) is 17.1 Å². The smallest absolute Gasteiger partial charge is 0.0478 e. The predicted octanol–water partition coefficient (Wildman–Crippen LogP) is 1.88. The summed E-state index contributed by atoms with van der Waals surface area (Å²) in [6.45, 7) is 10.0. The molecule has 0 saturated carbocycles. The van der Waals surface area contributed by atoms with Crippen LogP contribution in [0.1, 0.15) is 39.0 Å². The fourth-order valence-electron chi connectivity index (χ4n) is 2.09. The number of hydrogen-bond acceptors (Lipinski definition) is 3. The van der Waals surface area contributed by atoms with Gasteiger partial charge in [-0.15, -0.1) is 0 Å². The van der Waals surface area contributed by atoms with Crippen molar-refractivity contribution in [3.05, 3.63) is 0 Å². The average molecular weight is 228 g/mol. The van der Waals surface area contributed by atoms with E-state index in [1.165, 1.54) is 38.9 Å². The second-order valence-corrected chi connectivity index (χ2v) is 4.62. The van der Waals surface area contributed by atoms with Gasteiger partial charge in [-0.25, -0.2) is 0 Å². The van der Waals surface area contributed by atoms with Gasteiger partial charge >= 0.3 is 0 Å². The van der Waals surface area contributed by atoms with Gasteiger partial charge in [0, 0.05) is 26.3 Å². The number of ether oxygens (including phenoxy) is 1. The minimum atomic E-state index is 0.907. The van der Waals surface area contributed by atoms with Crippen LogP contribution in [0.5, 0.6) is 0 Å². The van der Waals surface area contributed by atoms with E-state index in [4.69, 9.17) is 4.74 Å². The summed E-state index contributed by atoms with van der Waals surface area (Å²) in [6.07, 6.45) is 6.48. The van der Waals surface area contributed by atoms with Crippen LogP contribution in [0.3, 0.4) is 0 Å². The van der Waals surface area contributed by atoms with Crippen molar-refractivity contribution in [2.45, 2.75) is 39.0 Å². The molecule has 0 atom stereocenters. The monoisotopic (exact) mass is 228 g/mol. The molecule has 3 nitrogen and oxygen atoms in total. The van der Waals surface area contributed by atoms with E-state index in [0.717, 1.165) is 39.1 Å². The molecule has 0 aromatic rings. The maximum atomic E-state index is 5.43. The first kappa shape index (κ1) is 13.9. The lowest BCUT2D eigenvalue weighted by Gasteiger charge is -2.26. The van der Waals surface area contributed by atoms with E-state index >= 15 is 0 Å². The summed E-state index contributed by atoms with van der Waals surface area (Å²) < 4.78 is 5.43. The maximum absolute atomic E-state index is 5.43. The van der Waals surface area contributed by atoms with Crippen molar-refractivity contribution in [1.29, 1.82) is 0 Å². The quantitative estimate of drug-likeness (QED) is 0.610. The Morgan fingerprint density at radius 3 is 2.62 bits per heavy atom. The lowest BCUT2D eigenvalue weighted by atomic mass is 10.1. The highest BCUT2D eigenvalue weighted by molar-refractivity contribution is 4.65. The van der Waals surface area contributed by atoms with E-state index in [1.54, 1.807) is 0 Å². The summed E-state index contributed by atoms with van der Waals surface area (Å²) in [5.41, 5.74) is 0. The van der Waals surface area contributed by atoms with E-state index in [0.29, 0.717) is 0 Å². The van der Waals surface area contributed by atoms with Gasteiger partial charge in [0.2, 0.25) is 0 Å². The lowest BCUT2D eigenvalue weighted by molar-refractivity contribution is 0.132. The van der Waals surface area contributed by atoms with Crippen molar-refractivity contribution < 1.29 is 4.74 Å². The van der Waals surface area contributed by atoms with Crippen molar-refractivity contribution in [3.63, 3.8) is 0 Å². The fraction of sp³-hybridized carbons (Fsp3) is 1.00. The molecular weight excluding hydrogens is 200 g/mol. The van der Waals surface area contributed by atoms with E-state index in [-0.39, 0.29) is 0 Å². The number of nitrogens with one attached hydrogen (secondary N) is 1. The van der Waals surface area contributed by atoms with Crippen LogP contribution < -0.4 is 5.32 Å². The maximum Gasteiger partial charge on any atom is 0.0478 e. The number of nitrogens with zero attached hydrogens (tertiary/aromatic N) is 1. The largest absolute Gasteiger partial charge is 0.381 e. The highest BCUT2D eigenvalue weighted by atomic mass is 16.5. The first-order valence-electron chi connectivity index (χ1n) is 6.94. The van der Waals surface area contributed by atoms with Gasteiger partial charge in [-0.2, -0.15) is 0 Å². The molecule has 1 fully saturated rings. The number of piperidine rings is 1. The molecular formula is C13H28N2O. The van der Waals surface area contributed by atoms with Gasteiger partial charge in [-0.3, -0.25) is 0 Å². The van der Waals surface area contributed by atoms with Crippen molar-refractivity contribution in [3.8, 4) is 0 Å². The zero-order valence-electron chi connectivity index (χ0n) is 10.8. The minimum Gasteiger partial charge on any atom is -0.381 e. The SMILES string of the molecule is CCCOCCCNCCN1CCCCC1. The lowest BCUT2D eigenvalue weighted by Crippen LogP contribution is -2.36. The van der Waals surface area contributed by atoms with Gasteiger partial charge < -0.3 is 15.0 Å². The average Bonchev–Trinajstić information content (AvgIpc) is 2.34. The molecule has 0 unspecified atom stereocenters. The van der Waals surface area contributed by atoms with Crippen LogP contribution in [-0.2, 0) is 4.74 Å². The molecule has 0 aromatic carbocycles. The molecule has 1 rings (SSSR count). The summed E-state index contributed by atoms with van der Waals surface area (Å²) in [7, 11) is 0. The molecule has 16 heavy (non-hydrogen) atoms. The molecule has 1 aliphatic heterocycles. The molecule has 0 radical (unpaired) electrons. The van der Waals surface area contributed by atoms with Gasteiger partial charge in [0.05, 0.1) is 0 Å². The molecule has 0 amide bonds. The summed E-state index contributed by atoms with van der Waals surface area (Å²) in [4.78, 5) is 2.57. The Balaban J connectivity index is 1.77. The molecule has 3 heteroatoms. The summed E-state index contributed by atoms with van der Waals surface area (Å²) in [5.74, 6) is 0. The molecule has 0 aromatic heterocycles. The normalized spacial score (nSPS) is 17.8. The van der Waals surface area contributed by atoms with Crippen LogP contribution in [-0.4, -0.2) is 50.8 Å². The molecule has 96 valence electrons. The number of likely N-dealkylation sites (tertiary alicyclic amines) is 1. The summed E-state index contributed by atoms with van der Waals surface area (Å²) in [6, 6.07) is 0. The molecule has 0 bridgehead atoms. The Kier molecular flexibility index (Phi) is 8.77. The summed E-state index contributed by atoms with van der Waals surface area (Å²) in [5, 5.41) is 3.49. The van der Waals surface area contributed by atoms with Gasteiger partial charge in [-0.1, -0.05) is 13.3 Å². The summed E-state index contributed by atoms with van der Waals surface area (Å²) >= 11 is 0. The molecule has 0 spiro atoms. The molecule has 1 heterocycles. The van der Waals surface area contributed by atoms with Crippen LogP contribution in [0.2, 0.25) is 0 Å². The standard InChI is InChI=1S/C13H28N2O/c1-2-12-16-13-6-7-14-8-11-15-9-4-3-5-10-15/h14H,2-13H2,1H3. The van der Waals surface area contributed by atoms with E-state index in [9.17, 15) is 0 Å². The van der Waals surface area contributed by atoms with Crippen LogP contribution in [0.4, 0.5) is 0 Å². The Bertz CT molecular complexity index is 147. The molecule has 1 saturated heterocycles. The highest BCUT2D eigenvalue weighted by Crippen LogP contribution is 2.07. The zero-order valence-corrected chi connectivity index (χ0v) is 10.8. The van der Waals surface area contributed by atoms with Crippen molar-refractivity contribution in [1.82, 2.24) is 10.2 Å². The Morgan fingerprint density at radius 2 is 1.88 bits per heavy atom. The highest BCUT2D eigenvalue weighted by Gasteiger charge is 2.08. The van der Waals surface area contributed by atoms with E-state index < -0.39 is 0 Å². The first-order valence-corrected chi connectivity index (χ1v) is 6.94. The Labute approximate surface area is 101 Å². The van der Waals surface area contributed by atoms with Crippen molar-refractivity contribution >= 4 is 0 Å². The predicted molar refractivity (Wildman–Crippen MR) is 68.9 cm³/mol. The topological polar surface area (TPSA) is 24.5 Å². The van der Waals surface area contributed by atoms with Gasteiger partial charge in [0.1, 0.15) is 0 Å². The Hall–Kier alpha value is -0.120. The second-order valence-electron chi connectivity index (χ2n) is 4.62. The molecule has 1 N–H and O–H groups in total. The molecule has 0 aliphatic carbocycles. The van der Waals surface area contributed by atoms with Gasteiger partial charge in [0.15, 0.2) is 0 Å². The minimum absolute atomic E-state index is 0.907. The van der Waals surface area contributed by atoms with Crippen LogP contribution >= 0.6 is 0 Å². The zero-order chi connectivity index (χ0) is 11.5. The third-order valence-corrected chi connectivity index (χ3v) is 3.04. The number of hydrogen-bond donors (Lipinski definition) is 1.